The summed E-state index contributed by atoms with van der Waals surface area (Å²) in [5.74, 6) is 0.102. The number of fused-ring (bicyclic) bond motifs is 1. The molecule has 0 aliphatic heterocycles. The second kappa shape index (κ2) is 15.3. The molecular formula is C22H33NO10. The highest BCUT2D eigenvalue weighted by atomic mass is 16.6. The van der Waals surface area contributed by atoms with E-state index in [-0.39, 0.29) is 12.3 Å². The Morgan fingerprint density at radius 3 is 1.79 bits per heavy atom. The minimum absolute atomic E-state index is 0.0478. The zero-order valence-electron chi connectivity index (χ0n) is 19.3. The van der Waals surface area contributed by atoms with Gasteiger partial charge in [-0.15, -0.1) is 0 Å². The summed E-state index contributed by atoms with van der Waals surface area (Å²) in [5.41, 5.74) is 0.565. The zero-order valence-corrected chi connectivity index (χ0v) is 19.3. The standard InChI is InChI=1S/C22H33NO10/c1-26-4-5-29-6-7-30-8-9-31-10-11-32-12-13-33-20-18(27-2)15-16-14-17(22(24)25)23-19(16)21(20)28-3/h14-15,23H,4-13H2,1-3H3,(H,24,25). The van der Waals surface area contributed by atoms with Gasteiger partial charge in [0.15, 0.2) is 11.5 Å². The molecule has 0 fully saturated rings. The van der Waals surface area contributed by atoms with Crippen LogP contribution in [0.1, 0.15) is 10.5 Å². The molecule has 0 unspecified atom stereocenters. The minimum Gasteiger partial charge on any atom is -0.493 e. The number of nitrogens with one attached hydrogen (secondary N) is 1. The summed E-state index contributed by atoms with van der Waals surface area (Å²) in [6, 6.07) is 3.20. The number of carboxylic acids is 1. The molecule has 0 aliphatic carbocycles. The fraction of sp³-hybridized carbons (Fsp3) is 0.591. The van der Waals surface area contributed by atoms with E-state index < -0.39 is 5.97 Å². The normalized spacial score (nSPS) is 11.1. The highest BCUT2D eigenvalue weighted by Gasteiger charge is 2.20. The summed E-state index contributed by atoms with van der Waals surface area (Å²) in [5, 5.41) is 9.86. The van der Waals surface area contributed by atoms with Crippen molar-refractivity contribution in [2.75, 3.05) is 87.4 Å². The molecule has 1 aromatic heterocycles. The average Bonchev–Trinajstić information content (AvgIpc) is 3.25. The van der Waals surface area contributed by atoms with E-state index in [1.54, 1.807) is 13.2 Å². The first-order valence-corrected chi connectivity index (χ1v) is 10.6. The van der Waals surface area contributed by atoms with Gasteiger partial charge < -0.3 is 48.0 Å². The van der Waals surface area contributed by atoms with Crippen molar-refractivity contribution in [2.45, 2.75) is 0 Å². The molecule has 2 rings (SSSR count). The van der Waals surface area contributed by atoms with Gasteiger partial charge in [0.2, 0.25) is 5.75 Å². The summed E-state index contributed by atoms with van der Waals surface area (Å²) in [7, 11) is 4.62. The fourth-order valence-corrected chi connectivity index (χ4v) is 2.91. The van der Waals surface area contributed by atoms with E-state index in [1.807, 2.05) is 0 Å². The third-order valence-corrected chi connectivity index (χ3v) is 4.47. The number of hydrogen-bond acceptors (Lipinski definition) is 9. The smallest absolute Gasteiger partial charge is 0.352 e. The van der Waals surface area contributed by atoms with Crippen molar-refractivity contribution in [3.05, 3.63) is 17.8 Å². The summed E-state index contributed by atoms with van der Waals surface area (Å²) >= 11 is 0. The fourth-order valence-electron chi connectivity index (χ4n) is 2.91. The molecule has 0 aliphatic rings. The van der Waals surface area contributed by atoms with Gasteiger partial charge in [-0.25, -0.2) is 4.79 Å². The number of carbonyl (C=O) groups is 1. The van der Waals surface area contributed by atoms with Crippen LogP contribution in [0, 0.1) is 0 Å². The molecule has 0 bridgehead atoms. The van der Waals surface area contributed by atoms with Crippen LogP contribution in [0.5, 0.6) is 17.2 Å². The lowest BCUT2D eigenvalue weighted by Gasteiger charge is -2.15. The van der Waals surface area contributed by atoms with Gasteiger partial charge >= 0.3 is 5.97 Å². The maximum Gasteiger partial charge on any atom is 0.352 e. The lowest BCUT2D eigenvalue weighted by molar-refractivity contribution is -0.00987. The van der Waals surface area contributed by atoms with Crippen molar-refractivity contribution in [3.8, 4) is 17.2 Å². The van der Waals surface area contributed by atoms with Crippen LogP contribution >= 0.6 is 0 Å². The average molecular weight is 472 g/mol. The predicted octanol–water partition coefficient (Wildman–Crippen LogP) is 1.97. The van der Waals surface area contributed by atoms with Crippen molar-refractivity contribution in [1.82, 2.24) is 4.98 Å². The number of H-pyrrole nitrogens is 1. The lowest BCUT2D eigenvalue weighted by Crippen LogP contribution is -2.14. The van der Waals surface area contributed by atoms with Crippen LogP contribution in [0.15, 0.2) is 12.1 Å². The number of aromatic nitrogens is 1. The number of benzene rings is 1. The number of carboxylic acid groups (broad SMARTS) is 1. The Morgan fingerprint density at radius 1 is 0.758 bits per heavy atom. The summed E-state index contributed by atoms with van der Waals surface area (Å²) in [4.78, 5) is 14.1. The predicted molar refractivity (Wildman–Crippen MR) is 119 cm³/mol. The van der Waals surface area contributed by atoms with Crippen molar-refractivity contribution >= 4 is 16.9 Å². The first kappa shape index (κ1) is 26.7. The SMILES string of the molecule is COCCOCCOCCOCCOCCOc1c(OC)cc2cc(C(=O)O)[nH]c2c1OC. The van der Waals surface area contributed by atoms with E-state index in [0.29, 0.717) is 87.6 Å². The molecule has 11 heteroatoms. The third-order valence-electron chi connectivity index (χ3n) is 4.47. The zero-order chi connectivity index (χ0) is 23.9. The Balaban J connectivity index is 1.65. The second-order valence-corrected chi connectivity index (χ2v) is 6.68. The Hall–Kier alpha value is -2.57. The number of methoxy groups -OCH3 is 3. The molecule has 0 spiro atoms. The Kier molecular flexibility index (Phi) is 12.4. The van der Waals surface area contributed by atoms with Gasteiger partial charge in [-0.05, 0) is 12.1 Å². The first-order chi connectivity index (χ1) is 16.1. The number of aromatic amines is 1. The molecule has 11 nitrogen and oxygen atoms in total. The molecule has 1 aromatic carbocycles. The highest BCUT2D eigenvalue weighted by molar-refractivity contribution is 5.98. The molecule has 0 atom stereocenters. The molecule has 0 radical (unpaired) electrons. The van der Waals surface area contributed by atoms with Gasteiger partial charge in [0.05, 0.1) is 79.2 Å². The van der Waals surface area contributed by atoms with E-state index in [1.165, 1.54) is 20.3 Å². The maximum absolute atomic E-state index is 11.3. The molecule has 0 saturated carbocycles. The minimum atomic E-state index is -1.07. The van der Waals surface area contributed by atoms with Crippen LogP contribution < -0.4 is 14.2 Å². The highest BCUT2D eigenvalue weighted by Crippen LogP contribution is 2.43. The Morgan fingerprint density at radius 2 is 1.30 bits per heavy atom. The van der Waals surface area contributed by atoms with E-state index >= 15 is 0 Å². The van der Waals surface area contributed by atoms with Crippen molar-refractivity contribution in [3.63, 3.8) is 0 Å². The van der Waals surface area contributed by atoms with Gasteiger partial charge in [-0.3, -0.25) is 0 Å². The van der Waals surface area contributed by atoms with Crippen LogP contribution in [0.25, 0.3) is 10.9 Å². The van der Waals surface area contributed by atoms with Crippen LogP contribution in [-0.2, 0) is 23.7 Å². The summed E-state index contributed by atoms with van der Waals surface area (Å²) < 4.78 is 43.2. The molecule has 0 amide bonds. The van der Waals surface area contributed by atoms with Crippen molar-refractivity contribution in [2.24, 2.45) is 0 Å². The second-order valence-electron chi connectivity index (χ2n) is 6.68. The molecule has 1 heterocycles. The van der Waals surface area contributed by atoms with E-state index in [2.05, 4.69) is 4.98 Å². The van der Waals surface area contributed by atoms with Crippen molar-refractivity contribution in [1.29, 1.82) is 0 Å². The van der Waals surface area contributed by atoms with Gasteiger partial charge in [0, 0.05) is 12.5 Å². The van der Waals surface area contributed by atoms with E-state index in [9.17, 15) is 9.90 Å². The van der Waals surface area contributed by atoms with Gasteiger partial charge in [0.25, 0.3) is 0 Å². The summed E-state index contributed by atoms with van der Waals surface area (Å²) in [6.07, 6.45) is 0. The number of ether oxygens (including phenoxy) is 8. The van der Waals surface area contributed by atoms with Gasteiger partial charge in [-0.1, -0.05) is 0 Å². The monoisotopic (exact) mass is 471 g/mol. The summed E-state index contributed by atoms with van der Waals surface area (Å²) in [6.45, 7) is 4.56. The van der Waals surface area contributed by atoms with Crippen LogP contribution in [0.2, 0.25) is 0 Å². The van der Waals surface area contributed by atoms with Crippen LogP contribution in [0.4, 0.5) is 0 Å². The topological polar surface area (TPSA) is 127 Å². The van der Waals surface area contributed by atoms with Crippen molar-refractivity contribution < 1.29 is 47.8 Å². The third kappa shape index (κ3) is 8.71. The van der Waals surface area contributed by atoms with Gasteiger partial charge in [0.1, 0.15) is 12.3 Å². The quantitative estimate of drug-likeness (QED) is 0.294. The Labute approximate surface area is 192 Å². The molecule has 2 aromatic rings. The lowest BCUT2D eigenvalue weighted by atomic mass is 10.2. The molecule has 186 valence electrons. The van der Waals surface area contributed by atoms with Gasteiger partial charge in [-0.2, -0.15) is 0 Å². The molecular weight excluding hydrogens is 438 g/mol. The van der Waals surface area contributed by atoms with Crippen LogP contribution in [0.3, 0.4) is 0 Å². The van der Waals surface area contributed by atoms with E-state index in [0.717, 1.165) is 0 Å². The van der Waals surface area contributed by atoms with E-state index in [4.69, 9.17) is 37.9 Å². The number of aromatic carboxylic acids is 1. The largest absolute Gasteiger partial charge is 0.493 e. The molecule has 0 saturated heterocycles. The number of hydrogen-bond donors (Lipinski definition) is 2. The first-order valence-electron chi connectivity index (χ1n) is 10.6. The van der Waals surface area contributed by atoms with Crippen LogP contribution in [-0.4, -0.2) is 103 Å². The molecule has 2 N–H and O–H groups in total. The number of rotatable bonds is 19. The maximum atomic E-state index is 11.3. The Bertz CT molecular complexity index is 838. The molecule has 33 heavy (non-hydrogen) atoms.